The Balaban J connectivity index is 1.09. The smallest absolute Gasteiger partial charge is 0.257 e. The van der Waals surface area contributed by atoms with E-state index in [0.29, 0.717) is 49.9 Å². The Kier molecular flexibility index (Phi) is 26.4. The maximum Gasteiger partial charge on any atom is 0.257 e. The first-order valence-electron chi connectivity index (χ1n) is 33.7. The van der Waals surface area contributed by atoms with E-state index in [1.165, 1.54) is 55.6 Å². The van der Waals surface area contributed by atoms with Crippen LogP contribution in [0.4, 0.5) is 0 Å². The number of imidazole rings is 2. The van der Waals surface area contributed by atoms with E-state index in [2.05, 4.69) is 88.4 Å². The zero-order chi connectivity index (χ0) is 73.1. The number of nitrogens with one attached hydrogen (secondary N) is 15. The number of aromatic nitrogens is 6. The van der Waals surface area contributed by atoms with Gasteiger partial charge in [-0.2, -0.15) is 0 Å². The molecule has 35 heteroatoms. The van der Waals surface area contributed by atoms with Crippen LogP contribution in [0.1, 0.15) is 67.6 Å². The van der Waals surface area contributed by atoms with Crippen molar-refractivity contribution in [3.05, 3.63) is 144 Å². The van der Waals surface area contributed by atoms with Crippen molar-refractivity contribution in [1.29, 1.82) is 0 Å². The molecule has 10 rings (SSSR count). The van der Waals surface area contributed by atoms with Crippen LogP contribution in [-0.4, -0.2) is 208 Å². The van der Waals surface area contributed by atoms with Gasteiger partial charge in [0.15, 0.2) is 5.37 Å². The first-order valence-corrected chi connectivity index (χ1v) is 37.3. The molecular formula is C68H84N20O12S3. The largest absolute Gasteiger partial charge is 0.361 e. The lowest BCUT2D eigenvalue weighted by Crippen LogP contribution is -2.62. The monoisotopic (exact) mass is 1470 g/mol. The molecule has 3 aliphatic heterocycles. The highest BCUT2D eigenvalue weighted by atomic mass is 33.1. The van der Waals surface area contributed by atoms with Crippen molar-refractivity contribution >= 4 is 126 Å². The molecule has 4 aromatic heterocycles. The summed E-state index contributed by atoms with van der Waals surface area (Å²) in [5.74, 6) is -11.1. The van der Waals surface area contributed by atoms with E-state index in [4.69, 9.17) is 11.5 Å². The van der Waals surface area contributed by atoms with Crippen LogP contribution >= 0.6 is 33.3 Å². The van der Waals surface area contributed by atoms with Crippen LogP contribution in [0, 0.1) is 0 Å². The first kappa shape index (κ1) is 75.4. The molecule has 0 aliphatic carbocycles. The van der Waals surface area contributed by atoms with E-state index in [1.54, 1.807) is 79.1 Å². The number of nitrogens with two attached hydrogens (primary N) is 2. The minimum atomic E-state index is -1.69. The van der Waals surface area contributed by atoms with Crippen LogP contribution in [0.5, 0.6) is 0 Å². The summed E-state index contributed by atoms with van der Waals surface area (Å²) in [4.78, 5) is 202. The van der Waals surface area contributed by atoms with Gasteiger partial charge >= 0.3 is 0 Å². The fourth-order valence-corrected chi connectivity index (χ4v) is 15.6. The van der Waals surface area contributed by atoms with Crippen LogP contribution < -0.4 is 70.0 Å². The second-order valence-electron chi connectivity index (χ2n) is 25.3. The number of benzene rings is 3. The maximum absolute atomic E-state index is 15.7. The molecule has 3 fully saturated rings. The molecule has 19 N–H and O–H groups in total. The molecule has 12 amide bonds. The molecule has 0 unspecified atom stereocenters. The minimum Gasteiger partial charge on any atom is -0.361 e. The lowest BCUT2D eigenvalue weighted by molar-refractivity contribution is -0.140. The van der Waals surface area contributed by atoms with Crippen LogP contribution in [0.25, 0.3) is 21.8 Å². The van der Waals surface area contributed by atoms with Crippen molar-refractivity contribution in [3.63, 3.8) is 0 Å². The summed E-state index contributed by atoms with van der Waals surface area (Å²) in [5, 5.41) is 29.9. The van der Waals surface area contributed by atoms with Gasteiger partial charge in [0.25, 0.3) is 5.91 Å². The van der Waals surface area contributed by atoms with Gasteiger partial charge in [0.2, 0.25) is 65.0 Å². The number of carbonyl (C=O) groups is 12. The number of hydrogen-bond donors (Lipinski definition) is 17. The molecule has 0 spiro atoms. The Morgan fingerprint density at radius 3 is 1.40 bits per heavy atom. The molecule has 546 valence electrons. The van der Waals surface area contributed by atoms with Gasteiger partial charge in [0.05, 0.1) is 29.9 Å². The fraction of sp³-hybridized carbons (Fsp3) is 0.412. The maximum atomic E-state index is 15.7. The summed E-state index contributed by atoms with van der Waals surface area (Å²) >= 11 is 1.19. The highest BCUT2D eigenvalue weighted by molar-refractivity contribution is 8.77. The number of thioether (sulfide) groups is 1. The van der Waals surface area contributed by atoms with Gasteiger partial charge in [-0.1, -0.05) is 88.3 Å². The number of aromatic amines is 4. The highest BCUT2D eigenvalue weighted by Crippen LogP contribution is 2.32. The number of rotatable bonds is 16. The van der Waals surface area contributed by atoms with Gasteiger partial charge < -0.3 is 94.8 Å². The van der Waals surface area contributed by atoms with Gasteiger partial charge in [-0.15, -0.1) is 11.8 Å². The Bertz CT molecular complexity index is 4160. The number of H-pyrrole nitrogens is 4. The minimum absolute atomic E-state index is 0.0168. The topological polar surface area (TPSA) is 481 Å². The molecule has 3 aliphatic rings. The summed E-state index contributed by atoms with van der Waals surface area (Å²) < 4.78 is 0. The zero-order valence-corrected chi connectivity index (χ0v) is 58.9. The van der Waals surface area contributed by atoms with Crippen molar-refractivity contribution in [3.8, 4) is 0 Å². The molecule has 7 heterocycles. The Labute approximate surface area is 603 Å². The number of hydrogen-bond acceptors (Lipinski definition) is 19. The normalized spacial score (nSPS) is 25.4. The second-order valence-corrected chi connectivity index (χ2v) is 28.8. The second kappa shape index (κ2) is 36.1. The Hall–Kier alpha value is -10.2. The van der Waals surface area contributed by atoms with Crippen molar-refractivity contribution < 1.29 is 57.5 Å². The summed E-state index contributed by atoms with van der Waals surface area (Å²) in [5.41, 5.74) is 15.6. The summed E-state index contributed by atoms with van der Waals surface area (Å²) in [6.45, 7) is 2.85. The zero-order valence-electron chi connectivity index (χ0n) is 56.4. The van der Waals surface area contributed by atoms with E-state index in [-0.39, 0.29) is 82.5 Å². The lowest BCUT2D eigenvalue weighted by atomic mass is 10.0. The first-order chi connectivity index (χ1) is 49.7. The molecule has 3 saturated heterocycles. The number of amides is 12. The quantitative estimate of drug-likeness (QED) is 0.0501. The molecule has 7 aromatic rings. The molecular weight excluding hydrogens is 1390 g/mol. The van der Waals surface area contributed by atoms with Gasteiger partial charge in [-0.3, -0.25) is 57.5 Å². The van der Waals surface area contributed by atoms with E-state index in [9.17, 15) is 19.2 Å². The molecule has 2 bridgehead atoms. The van der Waals surface area contributed by atoms with Crippen LogP contribution in [0.15, 0.2) is 116 Å². The SMILES string of the molecule is C[C@@H]1NC(=O)[C@H](C)NC(=O)[C@H](CCCN)NC(=O)[C@H](CCCN)NC(=O)[C@@H]2CSS[C@H](NC(=O)[C@H](Cc3c[nH]c4ccccc34)NC1=O)C(=O)N1CSC[C@H]1C(=O)N[C@@H](Cc1c[nH]cn1)C(=O)N[C@H](Cc1ccccc1)C(=O)N[C@@H](Cc1c[nH]cn1)C(=O)N[C@@H](Cc1c[nH]c3ccccc13)C(=O)N2. The van der Waals surface area contributed by atoms with Crippen molar-refractivity contribution in [2.24, 2.45) is 11.5 Å². The van der Waals surface area contributed by atoms with Crippen LogP contribution in [0.2, 0.25) is 0 Å². The fourth-order valence-electron chi connectivity index (χ4n) is 12.1. The summed E-state index contributed by atoms with van der Waals surface area (Å²) in [7, 11) is 1.54. The van der Waals surface area contributed by atoms with E-state index in [1.807, 2.05) is 12.1 Å². The molecule has 0 saturated carbocycles. The highest BCUT2D eigenvalue weighted by Gasteiger charge is 2.43. The Morgan fingerprint density at radius 1 is 0.437 bits per heavy atom. The van der Waals surface area contributed by atoms with E-state index in [0.717, 1.165) is 21.6 Å². The van der Waals surface area contributed by atoms with Gasteiger partial charge in [0, 0.05) is 90.2 Å². The van der Waals surface area contributed by atoms with E-state index < -0.39 is 148 Å². The van der Waals surface area contributed by atoms with Gasteiger partial charge in [-0.05, 0) is 81.4 Å². The number of carbonyl (C=O) groups excluding carboxylic acids is 12. The third kappa shape index (κ3) is 20.1. The van der Waals surface area contributed by atoms with E-state index >= 15 is 38.4 Å². The third-order valence-electron chi connectivity index (χ3n) is 17.7. The molecule has 0 radical (unpaired) electrons. The average Bonchev–Trinajstić information content (AvgIpc) is 1.74. The van der Waals surface area contributed by atoms with Crippen LogP contribution in [-0.2, 0) is 89.6 Å². The van der Waals surface area contributed by atoms with Crippen molar-refractivity contribution in [2.75, 3.05) is 30.5 Å². The molecule has 32 nitrogen and oxygen atoms in total. The standard InChI is InChI=1S/C68H84N20O12S3/c1-36-56(89)77-37(2)57(90)81-51(24-40-28-74-46-17-9-7-15-44(40)46)64(97)87-67-68(100)88-35-101-32-55(88)66(99)85-53(26-42-30-72-34-76-42)63(96)82-49(22-38-12-4-3-5-13-38)60(93)84-52(25-41-29-71-33-75-41)62(95)83-50(23-39-27-73-45-16-8-6-14-43(39)45)61(94)86-54(31-102-103-67)65(98)80-48(19-11-21-70)59(92)79-47(18-10-20-69)58(91)78-36/h3-9,12-17,27-30,33-34,36-37,47-55,67,73-74H,10-11,18-26,31-32,35,69-70H2,1-2H3,(H,71,75)(H,72,76)(H,77,89)(H,78,91)(H,79,92)(H,80,98)(H,81,90)(H,82,96)(H,83,95)(H,84,93)(H,85,99)(H,86,94)(H,87,97)/t36-,37-,47-,48-,49+,50-,51-,52-,53-,54-,55-,67-/m0/s1. The van der Waals surface area contributed by atoms with Crippen molar-refractivity contribution in [1.82, 2.24) is 93.3 Å². The predicted octanol–water partition coefficient (Wildman–Crippen LogP) is -1.27. The van der Waals surface area contributed by atoms with Gasteiger partial charge in [-0.25, -0.2) is 9.97 Å². The average molecular weight is 1470 g/mol. The number of para-hydroxylation sites is 2. The molecule has 3 aromatic carbocycles. The molecule has 12 atom stereocenters. The van der Waals surface area contributed by atoms with Crippen molar-refractivity contribution in [2.45, 2.75) is 143 Å². The summed E-state index contributed by atoms with van der Waals surface area (Å²) in [6.07, 6.45) is 8.25. The predicted molar refractivity (Wildman–Crippen MR) is 386 cm³/mol. The Morgan fingerprint density at radius 2 is 0.864 bits per heavy atom. The van der Waals surface area contributed by atoms with Gasteiger partial charge in [0.1, 0.15) is 66.5 Å². The lowest BCUT2D eigenvalue weighted by Gasteiger charge is -2.31. The number of nitrogens with zero attached hydrogens (tertiary/aromatic N) is 3. The summed E-state index contributed by atoms with van der Waals surface area (Å²) in [6, 6.07) is 7.05. The van der Waals surface area contributed by atoms with Crippen LogP contribution in [0.3, 0.4) is 0 Å². The number of fused-ring (bicyclic) bond motifs is 7. The third-order valence-corrected chi connectivity index (χ3v) is 21.3. The molecule has 103 heavy (non-hydrogen) atoms.